The molecule has 4 rings (SSSR count). The molecule has 0 aromatic heterocycles. The Kier molecular flexibility index (Phi) is 3.89. The van der Waals surface area contributed by atoms with Gasteiger partial charge in [-0.2, -0.15) is 0 Å². The Hall–Kier alpha value is -3.31. The number of aromatic hydroxyl groups is 1. The summed E-state index contributed by atoms with van der Waals surface area (Å²) in [5.74, 6) is -0.769. The summed E-state index contributed by atoms with van der Waals surface area (Å²) in [6.45, 7) is 1.69. The highest BCUT2D eigenvalue weighted by Crippen LogP contribution is 2.43. The lowest BCUT2D eigenvalue weighted by molar-refractivity contribution is 0.0697. The third-order valence-corrected chi connectivity index (χ3v) is 4.88. The number of aryl methyl sites for hydroxylation is 1. The SMILES string of the molecule is Cc1c(O)ccc2c(-c3ccccc3C(=O)O)c3cc(Cl)c(=O)cc-3oc12. The number of carbonyl (C=O) groups is 1. The van der Waals surface area contributed by atoms with Crippen LogP contribution < -0.4 is 5.43 Å². The number of carboxylic acid groups (broad SMARTS) is 1. The van der Waals surface area contributed by atoms with E-state index in [4.69, 9.17) is 16.0 Å². The van der Waals surface area contributed by atoms with Crippen molar-refractivity contribution in [2.24, 2.45) is 0 Å². The highest BCUT2D eigenvalue weighted by atomic mass is 35.5. The molecule has 0 amide bonds. The standard InChI is InChI=1S/C21H13ClO5/c1-10-16(23)7-6-13-19(11-4-2-3-5-12(11)21(25)26)14-8-15(22)17(24)9-18(14)27-20(10)13/h2-9,23H,1H3,(H,25,26). The number of hydrogen-bond donors (Lipinski definition) is 2. The van der Waals surface area contributed by atoms with E-state index in [2.05, 4.69) is 0 Å². The number of hydrogen-bond acceptors (Lipinski definition) is 4. The normalized spacial score (nSPS) is 11.2. The Balaban J connectivity index is 2.28. The van der Waals surface area contributed by atoms with Gasteiger partial charge in [0.15, 0.2) is 0 Å². The molecular formula is C21H13ClO5. The molecule has 0 saturated heterocycles. The van der Waals surface area contributed by atoms with E-state index in [9.17, 15) is 19.8 Å². The molecule has 0 spiro atoms. The zero-order chi connectivity index (χ0) is 19.3. The first kappa shape index (κ1) is 17.1. The van der Waals surface area contributed by atoms with Crippen LogP contribution in [0, 0.1) is 6.92 Å². The summed E-state index contributed by atoms with van der Waals surface area (Å²) < 4.78 is 5.89. The minimum absolute atomic E-state index is 0.0154. The second-order valence-electron chi connectivity index (χ2n) is 6.19. The second kappa shape index (κ2) is 6.14. The monoisotopic (exact) mass is 380 g/mol. The third kappa shape index (κ3) is 2.64. The Labute approximate surface area is 158 Å². The van der Waals surface area contributed by atoms with Gasteiger partial charge in [0, 0.05) is 28.1 Å². The van der Waals surface area contributed by atoms with Crippen LogP contribution in [0.1, 0.15) is 15.9 Å². The van der Waals surface area contributed by atoms with E-state index >= 15 is 0 Å². The first-order valence-corrected chi connectivity index (χ1v) is 8.47. The van der Waals surface area contributed by atoms with E-state index in [1.165, 1.54) is 24.3 Å². The average molecular weight is 381 g/mol. The number of rotatable bonds is 2. The molecule has 5 nitrogen and oxygen atoms in total. The largest absolute Gasteiger partial charge is 0.508 e. The first-order chi connectivity index (χ1) is 12.9. The fraction of sp³-hybridized carbons (Fsp3) is 0.0476. The maximum atomic E-state index is 12.0. The summed E-state index contributed by atoms with van der Waals surface area (Å²) in [5, 5.41) is 20.3. The Bertz CT molecular complexity index is 1260. The van der Waals surface area contributed by atoms with Crippen molar-refractivity contribution in [1.82, 2.24) is 0 Å². The Morgan fingerprint density at radius 3 is 2.56 bits per heavy atom. The summed E-state index contributed by atoms with van der Waals surface area (Å²) in [6, 6.07) is 12.5. The molecule has 6 heteroatoms. The van der Waals surface area contributed by atoms with Crippen LogP contribution in [0.4, 0.5) is 0 Å². The third-order valence-electron chi connectivity index (χ3n) is 4.59. The van der Waals surface area contributed by atoms with Gasteiger partial charge in [0.25, 0.3) is 0 Å². The molecule has 0 atom stereocenters. The molecule has 0 saturated carbocycles. The lowest BCUT2D eigenvalue weighted by Crippen LogP contribution is -2.05. The molecular weight excluding hydrogens is 368 g/mol. The quantitative estimate of drug-likeness (QED) is 0.481. The van der Waals surface area contributed by atoms with Crippen molar-refractivity contribution in [3.8, 4) is 28.2 Å². The number of phenols is 1. The van der Waals surface area contributed by atoms with Crippen LogP contribution in [-0.2, 0) is 0 Å². The molecule has 2 aliphatic rings. The van der Waals surface area contributed by atoms with Crippen LogP contribution in [0.2, 0.25) is 5.02 Å². The van der Waals surface area contributed by atoms with Crippen LogP contribution in [0.3, 0.4) is 0 Å². The highest BCUT2D eigenvalue weighted by Gasteiger charge is 2.23. The fourth-order valence-corrected chi connectivity index (χ4v) is 3.42. The summed E-state index contributed by atoms with van der Waals surface area (Å²) in [4.78, 5) is 23.8. The molecule has 0 radical (unpaired) electrons. The number of fused-ring (bicyclic) bond motifs is 2. The molecule has 2 aromatic carbocycles. The number of halogens is 1. The zero-order valence-electron chi connectivity index (χ0n) is 14.1. The maximum absolute atomic E-state index is 12.0. The predicted molar refractivity (Wildman–Crippen MR) is 103 cm³/mol. The minimum Gasteiger partial charge on any atom is -0.508 e. The topological polar surface area (TPSA) is 87.7 Å². The van der Waals surface area contributed by atoms with E-state index in [-0.39, 0.29) is 22.1 Å². The van der Waals surface area contributed by atoms with E-state index < -0.39 is 11.4 Å². The van der Waals surface area contributed by atoms with Gasteiger partial charge < -0.3 is 14.6 Å². The average Bonchev–Trinajstić information content (AvgIpc) is 2.64. The van der Waals surface area contributed by atoms with Crippen molar-refractivity contribution in [2.45, 2.75) is 6.92 Å². The van der Waals surface area contributed by atoms with E-state index in [1.54, 1.807) is 31.2 Å². The molecule has 1 heterocycles. The predicted octanol–water partition coefficient (Wildman–Crippen LogP) is 4.93. The van der Waals surface area contributed by atoms with Gasteiger partial charge in [0.05, 0.1) is 10.6 Å². The van der Waals surface area contributed by atoms with E-state index in [0.717, 1.165) is 0 Å². The van der Waals surface area contributed by atoms with Gasteiger partial charge in [-0.1, -0.05) is 29.8 Å². The lowest BCUT2D eigenvalue weighted by atomic mass is 9.90. The van der Waals surface area contributed by atoms with Gasteiger partial charge in [-0.3, -0.25) is 4.79 Å². The number of benzene rings is 3. The fourth-order valence-electron chi connectivity index (χ4n) is 3.26. The number of aromatic carboxylic acids is 1. The zero-order valence-corrected chi connectivity index (χ0v) is 14.9. The van der Waals surface area contributed by atoms with Gasteiger partial charge in [-0.05, 0) is 36.8 Å². The van der Waals surface area contributed by atoms with Crippen molar-refractivity contribution >= 4 is 28.5 Å². The first-order valence-electron chi connectivity index (χ1n) is 8.10. The van der Waals surface area contributed by atoms with Crippen LogP contribution in [0.5, 0.6) is 5.75 Å². The molecule has 0 unspecified atom stereocenters. The van der Waals surface area contributed by atoms with E-state index in [1.807, 2.05) is 0 Å². The molecule has 0 bridgehead atoms. The van der Waals surface area contributed by atoms with Crippen molar-refractivity contribution in [1.29, 1.82) is 0 Å². The molecule has 2 aromatic rings. The van der Waals surface area contributed by atoms with Gasteiger partial charge in [-0.25, -0.2) is 4.79 Å². The molecule has 0 fully saturated rings. The number of carboxylic acids is 1. The Morgan fingerprint density at radius 1 is 1.07 bits per heavy atom. The van der Waals surface area contributed by atoms with E-state index in [0.29, 0.717) is 33.2 Å². The summed E-state index contributed by atoms with van der Waals surface area (Å²) in [7, 11) is 0. The summed E-state index contributed by atoms with van der Waals surface area (Å²) in [5.41, 5.74) is 2.14. The Morgan fingerprint density at radius 2 is 1.81 bits per heavy atom. The summed E-state index contributed by atoms with van der Waals surface area (Å²) >= 11 is 6.05. The molecule has 1 aliphatic carbocycles. The van der Waals surface area contributed by atoms with Crippen molar-refractivity contribution < 1.29 is 19.4 Å². The smallest absolute Gasteiger partial charge is 0.336 e. The lowest BCUT2D eigenvalue weighted by Gasteiger charge is -2.18. The van der Waals surface area contributed by atoms with Crippen molar-refractivity contribution in [3.63, 3.8) is 0 Å². The van der Waals surface area contributed by atoms with Gasteiger partial charge in [0.1, 0.15) is 17.1 Å². The van der Waals surface area contributed by atoms with Crippen molar-refractivity contribution in [3.05, 3.63) is 74.9 Å². The molecule has 134 valence electrons. The second-order valence-corrected chi connectivity index (χ2v) is 6.60. The van der Waals surface area contributed by atoms with Gasteiger partial charge in [-0.15, -0.1) is 0 Å². The number of phenolic OH excluding ortho intramolecular Hbond substituents is 1. The van der Waals surface area contributed by atoms with Crippen LogP contribution in [0.25, 0.3) is 33.4 Å². The highest BCUT2D eigenvalue weighted by molar-refractivity contribution is 6.31. The molecule has 1 aliphatic heterocycles. The molecule has 27 heavy (non-hydrogen) atoms. The van der Waals surface area contributed by atoms with Gasteiger partial charge in [0.2, 0.25) is 5.43 Å². The van der Waals surface area contributed by atoms with Crippen LogP contribution in [-0.4, -0.2) is 16.2 Å². The molecule has 2 N–H and O–H groups in total. The van der Waals surface area contributed by atoms with Crippen molar-refractivity contribution in [2.75, 3.05) is 0 Å². The van der Waals surface area contributed by atoms with Gasteiger partial charge >= 0.3 is 5.97 Å². The maximum Gasteiger partial charge on any atom is 0.336 e. The minimum atomic E-state index is -1.07. The van der Waals surface area contributed by atoms with Crippen LogP contribution >= 0.6 is 11.6 Å². The summed E-state index contributed by atoms with van der Waals surface area (Å²) in [6.07, 6.45) is 0. The van der Waals surface area contributed by atoms with Crippen LogP contribution in [0.15, 0.2) is 57.7 Å².